The smallest absolute Gasteiger partial charge is 0.339 e. The van der Waals surface area contributed by atoms with Crippen molar-refractivity contribution < 1.29 is 19.4 Å². The first-order valence-electron chi connectivity index (χ1n) is 7.32. The maximum absolute atomic E-state index is 11.5. The van der Waals surface area contributed by atoms with Crippen LogP contribution in [0.15, 0.2) is 29.0 Å². The fraction of sp³-hybridized carbons (Fsp3) is 0.375. The van der Waals surface area contributed by atoms with Gasteiger partial charge in [-0.3, -0.25) is 0 Å². The first kappa shape index (κ1) is 15.9. The largest absolute Gasteiger partial charge is 0.478 e. The minimum absolute atomic E-state index is 0.0815. The molecule has 0 amide bonds. The first-order valence-corrected chi connectivity index (χ1v) is 8.27. The third kappa shape index (κ3) is 3.69. The molecule has 1 saturated heterocycles. The highest BCUT2D eigenvalue weighted by atomic mass is 32.1. The zero-order chi connectivity index (χ0) is 16.2. The standard InChI is InChI=1S/C16H18N2O4S/c1-18(8-12-9-21-5-6-22-12)15-13(16(19)20)2-3-14(17-15)11-4-7-23-10-11/h2-4,7,10,12H,5-6,8-9H2,1H3,(H,19,20)/t12-/m1/s1. The zero-order valence-corrected chi connectivity index (χ0v) is 13.6. The molecule has 2 aromatic heterocycles. The van der Waals surface area contributed by atoms with Crippen molar-refractivity contribution in [2.75, 3.05) is 38.3 Å². The highest BCUT2D eigenvalue weighted by molar-refractivity contribution is 7.08. The lowest BCUT2D eigenvalue weighted by Gasteiger charge is -2.28. The molecule has 6 nitrogen and oxygen atoms in total. The van der Waals surface area contributed by atoms with Gasteiger partial charge in [-0.25, -0.2) is 9.78 Å². The van der Waals surface area contributed by atoms with Gasteiger partial charge in [0.15, 0.2) is 0 Å². The number of ether oxygens (including phenoxy) is 2. The topological polar surface area (TPSA) is 71.9 Å². The van der Waals surface area contributed by atoms with Gasteiger partial charge in [-0.1, -0.05) is 0 Å². The number of carbonyl (C=O) groups is 1. The van der Waals surface area contributed by atoms with Crippen LogP contribution in [0, 0.1) is 0 Å². The molecule has 1 atom stereocenters. The van der Waals surface area contributed by atoms with Gasteiger partial charge >= 0.3 is 5.97 Å². The number of thiophene rings is 1. The summed E-state index contributed by atoms with van der Waals surface area (Å²) < 4.78 is 11.0. The summed E-state index contributed by atoms with van der Waals surface area (Å²) in [4.78, 5) is 17.9. The van der Waals surface area contributed by atoms with Crippen LogP contribution in [0.4, 0.5) is 5.82 Å². The third-order valence-corrected chi connectivity index (χ3v) is 4.33. The number of likely N-dealkylation sites (N-methyl/N-ethyl adjacent to an activating group) is 1. The number of carboxylic acid groups (broad SMARTS) is 1. The van der Waals surface area contributed by atoms with Gasteiger partial charge in [0.25, 0.3) is 0 Å². The van der Waals surface area contributed by atoms with E-state index < -0.39 is 5.97 Å². The average molecular weight is 334 g/mol. The van der Waals surface area contributed by atoms with Crippen LogP contribution in [0.25, 0.3) is 11.3 Å². The van der Waals surface area contributed by atoms with Gasteiger partial charge in [0, 0.05) is 24.5 Å². The predicted molar refractivity (Wildman–Crippen MR) is 88.3 cm³/mol. The van der Waals surface area contributed by atoms with Gasteiger partial charge in [-0.15, -0.1) is 0 Å². The normalized spacial score (nSPS) is 17.9. The second-order valence-electron chi connectivity index (χ2n) is 5.33. The maximum Gasteiger partial charge on any atom is 0.339 e. The Morgan fingerprint density at radius 1 is 1.43 bits per heavy atom. The fourth-order valence-corrected chi connectivity index (χ4v) is 3.16. The molecule has 1 N–H and O–H groups in total. The fourth-order valence-electron chi connectivity index (χ4n) is 2.51. The second kappa shape index (κ2) is 7.08. The predicted octanol–water partition coefficient (Wildman–Crippen LogP) is 2.36. The minimum atomic E-state index is -0.989. The first-order chi connectivity index (χ1) is 11.1. The van der Waals surface area contributed by atoms with Crippen LogP contribution in [0.5, 0.6) is 0 Å². The molecule has 0 aliphatic carbocycles. The molecule has 7 heteroatoms. The average Bonchev–Trinajstić information content (AvgIpc) is 3.09. The van der Waals surface area contributed by atoms with E-state index in [2.05, 4.69) is 4.98 Å². The molecule has 23 heavy (non-hydrogen) atoms. The molecule has 3 heterocycles. The van der Waals surface area contributed by atoms with E-state index in [9.17, 15) is 9.90 Å². The van der Waals surface area contributed by atoms with E-state index in [0.29, 0.717) is 32.2 Å². The van der Waals surface area contributed by atoms with E-state index >= 15 is 0 Å². The number of rotatable bonds is 5. The number of pyridine rings is 1. The van der Waals surface area contributed by atoms with E-state index in [1.807, 2.05) is 28.8 Å². The highest BCUT2D eigenvalue weighted by Crippen LogP contribution is 2.26. The lowest BCUT2D eigenvalue weighted by Crippen LogP contribution is -2.39. The monoisotopic (exact) mass is 334 g/mol. The molecule has 3 rings (SSSR count). The van der Waals surface area contributed by atoms with E-state index in [0.717, 1.165) is 11.3 Å². The molecule has 0 unspecified atom stereocenters. The van der Waals surface area contributed by atoms with Gasteiger partial charge in [-0.05, 0) is 23.6 Å². The summed E-state index contributed by atoms with van der Waals surface area (Å²) in [5.41, 5.74) is 1.93. The van der Waals surface area contributed by atoms with Crippen LogP contribution >= 0.6 is 11.3 Å². The minimum Gasteiger partial charge on any atom is -0.478 e. The van der Waals surface area contributed by atoms with Gasteiger partial charge in [0.1, 0.15) is 11.4 Å². The Balaban J connectivity index is 1.87. The van der Waals surface area contributed by atoms with E-state index in [1.165, 1.54) is 0 Å². The molecule has 0 aromatic carbocycles. The Morgan fingerprint density at radius 3 is 2.96 bits per heavy atom. The molecule has 122 valence electrons. The van der Waals surface area contributed by atoms with Crippen molar-refractivity contribution in [3.8, 4) is 11.3 Å². The van der Waals surface area contributed by atoms with Crippen LogP contribution in [0.1, 0.15) is 10.4 Å². The third-order valence-electron chi connectivity index (χ3n) is 3.65. The van der Waals surface area contributed by atoms with Crippen LogP contribution in [0.2, 0.25) is 0 Å². The van der Waals surface area contributed by atoms with E-state index in [-0.39, 0.29) is 11.7 Å². The summed E-state index contributed by atoms with van der Waals surface area (Å²) in [6.07, 6.45) is -0.0815. The molecule has 0 spiro atoms. The SMILES string of the molecule is CN(C[C@@H]1COCCO1)c1nc(-c2ccsc2)ccc1C(=O)O. The number of nitrogens with zero attached hydrogens (tertiary/aromatic N) is 2. The van der Waals surface area contributed by atoms with Gasteiger partial charge < -0.3 is 19.5 Å². The molecule has 1 aliphatic rings. The van der Waals surface area contributed by atoms with Crippen LogP contribution in [0.3, 0.4) is 0 Å². The number of hydrogen-bond donors (Lipinski definition) is 1. The van der Waals surface area contributed by atoms with E-state index in [1.54, 1.807) is 23.5 Å². The molecule has 0 saturated carbocycles. The lowest BCUT2D eigenvalue weighted by atomic mass is 10.1. The summed E-state index contributed by atoms with van der Waals surface area (Å²) in [5.74, 6) is -0.549. The van der Waals surface area contributed by atoms with Gasteiger partial charge in [-0.2, -0.15) is 11.3 Å². The molecule has 1 aliphatic heterocycles. The van der Waals surface area contributed by atoms with Gasteiger partial charge in [0.05, 0.1) is 31.6 Å². The van der Waals surface area contributed by atoms with Crippen LogP contribution in [-0.4, -0.2) is 55.6 Å². The zero-order valence-electron chi connectivity index (χ0n) is 12.8. The van der Waals surface area contributed by atoms with Crippen LogP contribution < -0.4 is 4.90 Å². The van der Waals surface area contributed by atoms with Crippen molar-refractivity contribution in [1.82, 2.24) is 4.98 Å². The highest BCUT2D eigenvalue weighted by Gasteiger charge is 2.21. The molecule has 0 bridgehead atoms. The number of aromatic nitrogens is 1. The van der Waals surface area contributed by atoms with Gasteiger partial charge in [0.2, 0.25) is 0 Å². The molecule has 2 aromatic rings. The Kier molecular flexibility index (Phi) is 4.90. The van der Waals surface area contributed by atoms with Crippen LogP contribution in [-0.2, 0) is 9.47 Å². The number of aromatic carboxylic acids is 1. The Bertz CT molecular complexity index is 669. The maximum atomic E-state index is 11.5. The summed E-state index contributed by atoms with van der Waals surface area (Å²) in [5, 5.41) is 13.4. The molecule has 1 fully saturated rings. The molecular formula is C16H18N2O4S. The second-order valence-corrected chi connectivity index (χ2v) is 6.11. The van der Waals surface area contributed by atoms with Crippen molar-refractivity contribution in [1.29, 1.82) is 0 Å². The summed E-state index contributed by atoms with van der Waals surface area (Å²) in [6, 6.07) is 5.31. The van der Waals surface area contributed by atoms with Crippen molar-refractivity contribution in [3.63, 3.8) is 0 Å². The summed E-state index contributed by atoms with van der Waals surface area (Å²) >= 11 is 1.58. The number of carboxylic acids is 1. The quantitative estimate of drug-likeness (QED) is 0.905. The number of hydrogen-bond acceptors (Lipinski definition) is 6. The molecule has 0 radical (unpaired) electrons. The van der Waals surface area contributed by atoms with Crippen molar-refractivity contribution in [2.45, 2.75) is 6.10 Å². The number of anilines is 1. The van der Waals surface area contributed by atoms with Crippen molar-refractivity contribution >= 4 is 23.1 Å². The van der Waals surface area contributed by atoms with E-state index in [4.69, 9.17) is 9.47 Å². The Labute approximate surface area is 138 Å². The lowest BCUT2D eigenvalue weighted by molar-refractivity contribution is -0.0837. The Hall–Kier alpha value is -1.96. The summed E-state index contributed by atoms with van der Waals surface area (Å²) in [6.45, 7) is 2.20. The van der Waals surface area contributed by atoms with Crippen molar-refractivity contribution in [2.24, 2.45) is 0 Å². The molecular weight excluding hydrogens is 316 g/mol. The van der Waals surface area contributed by atoms with Crippen molar-refractivity contribution in [3.05, 3.63) is 34.5 Å². The summed E-state index contributed by atoms with van der Waals surface area (Å²) in [7, 11) is 1.82. The Morgan fingerprint density at radius 2 is 2.30 bits per heavy atom.